The van der Waals surface area contributed by atoms with Crippen molar-refractivity contribution in [1.82, 2.24) is 0 Å². The monoisotopic (exact) mass is 722 g/mol. The van der Waals surface area contributed by atoms with E-state index in [1.165, 1.54) is 51.4 Å². The summed E-state index contributed by atoms with van der Waals surface area (Å²) in [4.78, 5) is 36.8. The molecule has 0 radical (unpaired) electrons. The number of unbranched alkanes of at least 4 members (excludes halogenated alkanes) is 15. The Morgan fingerprint density at radius 3 is 1.67 bits per heavy atom. The van der Waals surface area contributed by atoms with Crippen molar-refractivity contribution in [3.05, 3.63) is 36.5 Å². The number of quaternary nitrogens is 1. The maximum Gasteiger partial charge on any atom is 0.306 e. The largest absolute Gasteiger partial charge is 0.545 e. The summed E-state index contributed by atoms with van der Waals surface area (Å²) in [6.45, 7) is 4.58. The van der Waals surface area contributed by atoms with Gasteiger partial charge in [0.05, 0.1) is 40.3 Å². The van der Waals surface area contributed by atoms with Crippen molar-refractivity contribution < 1.29 is 42.9 Å². The first kappa shape index (κ1) is 48.5. The van der Waals surface area contributed by atoms with E-state index in [1.54, 1.807) is 0 Å². The van der Waals surface area contributed by atoms with Gasteiger partial charge in [0, 0.05) is 12.8 Å². The average molecular weight is 722 g/mol. The van der Waals surface area contributed by atoms with Crippen LogP contribution in [0.25, 0.3) is 0 Å². The molecule has 0 spiro atoms. The van der Waals surface area contributed by atoms with E-state index in [0.717, 1.165) is 70.6 Å². The predicted molar refractivity (Wildman–Crippen MR) is 205 cm³/mol. The third kappa shape index (κ3) is 35.7. The van der Waals surface area contributed by atoms with Gasteiger partial charge in [-0.3, -0.25) is 9.59 Å². The molecule has 0 aromatic rings. The minimum absolute atomic E-state index is 0.144. The van der Waals surface area contributed by atoms with Crippen LogP contribution in [-0.4, -0.2) is 82.3 Å². The second kappa shape index (κ2) is 34.6. The fourth-order valence-electron chi connectivity index (χ4n) is 5.25. The lowest BCUT2D eigenvalue weighted by Crippen LogP contribution is -2.44. The average Bonchev–Trinajstić information content (AvgIpc) is 3.08. The van der Waals surface area contributed by atoms with Gasteiger partial charge in [-0.25, -0.2) is 0 Å². The van der Waals surface area contributed by atoms with Gasteiger partial charge in [-0.15, -0.1) is 0 Å². The molecular formula is C42H75NO8. The zero-order valence-corrected chi connectivity index (χ0v) is 33.2. The Kier molecular flexibility index (Phi) is 32.9. The third-order valence-electron chi connectivity index (χ3n) is 8.40. The van der Waals surface area contributed by atoms with Crippen LogP contribution in [-0.2, 0) is 33.3 Å². The van der Waals surface area contributed by atoms with E-state index in [0.29, 0.717) is 17.4 Å². The predicted octanol–water partition coefficient (Wildman–Crippen LogP) is 8.55. The summed E-state index contributed by atoms with van der Waals surface area (Å²) in [6, 6.07) is 0. The van der Waals surface area contributed by atoms with Crippen LogP contribution >= 0.6 is 0 Å². The van der Waals surface area contributed by atoms with E-state index in [-0.39, 0.29) is 38.6 Å². The fourth-order valence-corrected chi connectivity index (χ4v) is 5.25. The molecule has 2 atom stereocenters. The smallest absolute Gasteiger partial charge is 0.306 e. The van der Waals surface area contributed by atoms with E-state index in [1.807, 2.05) is 21.1 Å². The van der Waals surface area contributed by atoms with Crippen LogP contribution in [0.1, 0.15) is 155 Å². The van der Waals surface area contributed by atoms with Crippen molar-refractivity contribution in [3.8, 4) is 0 Å². The van der Waals surface area contributed by atoms with Gasteiger partial charge < -0.3 is 33.3 Å². The molecule has 2 unspecified atom stereocenters. The molecule has 0 aromatic carbocycles. The summed E-state index contributed by atoms with van der Waals surface area (Å²) >= 11 is 0. The van der Waals surface area contributed by atoms with Crippen LogP contribution in [0.2, 0.25) is 0 Å². The standard InChI is InChI=1S/C42H75NO8/c1-6-8-10-12-14-16-18-19-20-21-23-25-27-29-31-33-40(45)51-38(37-50-42(41(46)47)48-35-34-43(3,4)5)36-49-39(44)32-30-28-26-24-22-17-15-13-11-9-7-2/h8,10,14,16,19-20,38,42H,6-7,9,11-13,15,17-18,21-37H2,1-5H3/b10-8-,16-14-,20-19-. The number of hydrogen-bond acceptors (Lipinski definition) is 8. The zero-order chi connectivity index (χ0) is 37.8. The number of aliphatic carboxylic acids is 1. The van der Waals surface area contributed by atoms with Gasteiger partial charge >= 0.3 is 11.9 Å². The second-order valence-corrected chi connectivity index (χ2v) is 14.5. The lowest BCUT2D eigenvalue weighted by molar-refractivity contribution is -0.870. The van der Waals surface area contributed by atoms with Gasteiger partial charge in [0.25, 0.3) is 0 Å². The van der Waals surface area contributed by atoms with Crippen molar-refractivity contribution in [1.29, 1.82) is 0 Å². The second-order valence-electron chi connectivity index (χ2n) is 14.5. The van der Waals surface area contributed by atoms with Crippen molar-refractivity contribution >= 4 is 17.9 Å². The highest BCUT2D eigenvalue weighted by molar-refractivity contribution is 5.70. The van der Waals surface area contributed by atoms with Crippen molar-refractivity contribution in [2.75, 3.05) is 47.5 Å². The molecule has 0 rings (SSSR count). The van der Waals surface area contributed by atoms with Crippen LogP contribution in [0.3, 0.4) is 0 Å². The van der Waals surface area contributed by atoms with E-state index in [2.05, 4.69) is 50.3 Å². The first-order chi connectivity index (χ1) is 24.6. The number of ether oxygens (including phenoxy) is 4. The highest BCUT2D eigenvalue weighted by atomic mass is 16.7. The Morgan fingerprint density at radius 2 is 1.12 bits per heavy atom. The number of likely N-dealkylation sites (N-methyl/N-ethyl adjacent to an activating group) is 1. The molecule has 296 valence electrons. The van der Waals surface area contributed by atoms with Crippen molar-refractivity contribution in [2.24, 2.45) is 0 Å². The summed E-state index contributed by atoms with van der Waals surface area (Å²) < 4.78 is 22.4. The Balaban J connectivity index is 4.54. The fraction of sp³-hybridized carbons (Fsp3) is 0.786. The number of carbonyl (C=O) groups is 3. The number of carboxylic acid groups (broad SMARTS) is 1. The summed E-state index contributed by atoms with van der Waals surface area (Å²) in [5, 5.41) is 11.6. The number of hydrogen-bond donors (Lipinski definition) is 0. The molecule has 0 saturated heterocycles. The number of nitrogens with zero attached hydrogens (tertiary/aromatic N) is 1. The molecule has 9 nitrogen and oxygen atoms in total. The van der Waals surface area contributed by atoms with Crippen LogP contribution in [0.15, 0.2) is 36.5 Å². The highest BCUT2D eigenvalue weighted by Crippen LogP contribution is 2.13. The molecule has 9 heteroatoms. The lowest BCUT2D eigenvalue weighted by Gasteiger charge is -2.26. The molecule has 51 heavy (non-hydrogen) atoms. The summed E-state index contributed by atoms with van der Waals surface area (Å²) in [7, 11) is 5.89. The lowest BCUT2D eigenvalue weighted by atomic mass is 10.1. The van der Waals surface area contributed by atoms with E-state index in [9.17, 15) is 19.5 Å². The summed E-state index contributed by atoms with van der Waals surface area (Å²) in [6.07, 6.45) is 33.2. The van der Waals surface area contributed by atoms with Crippen LogP contribution < -0.4 is 5.11 Å². The van der Waals surface area contributed by atoms with Crippen molar-refractivity contribution in [3.63, 3.8) is 0 Å². The van der Waals surface area contributed by atoms with Gasteiger partial charge in [0.2, 0.25) is 0 Å². The molecule has 0 amide bonds. The Hall–Kier alpha value is -2.49. The molecule has 0 bridgehead atoms. The van der Waals surface area contributed by atoms with E-state index < -0.39 is 24.3 Å². The van der Waals surface area contributed by atoms with Gasteiger partial charge in [0.1, 0.15) is 13.2 Å². The van der Waals surface area contributed by atoms with Crippen LogP contribution in [0, 0.1) is 0 Å². The van der Waals surface area contributed by atoms with Gasteiger partial charge in [-0.2, -0.15) is 0 Å². The number of allylic oxidation sites excluding steroid dienone is 6. The van der Waals surface area contributed by atoms with Gasteiger partial charge in [0.15, 0.2) is 12.4 Å². The molecule has 0 saturated carbocycles. The molecule has 0 aliphatic heterocycles. The summed E-state index contributed by atoms with van der Waals surface area (Å²) in [5.74, 6) is -2.31. The Bertz CT molecular complexity index is 940. The third-order valence-corrected chi connectivity index (χ3v) is 8.40. The first-order valence-electron chi connectivity index (χ1n) is 20.1. The maximum absolute atomic E-state index is 12.7. The first-order valence-corrected chi connectivity index (χ1v) is 20.1. The normalized spacial score (nSPS) is 13.4. The maximum atomic E-state index is 12.7. The SMILES string of the molecule is CC/C=C\C/C=C\C/C=C\CCCCCCCC(=O)OC(COC(=O)CCCCCCCCCCCCC)COC(OCC[N+](C)(C)C)C(=O)[O-]. The van der Waals surface area contributed by atoms with Crippen molar-refractivity contribution in [2.45, 2.75) is 167 Å². The summed E-state index contributed by atoms with van der Waals surface area (Å²) in [5.41, 5.74) is 0. The topological polar surface area (TPSA) is 111 Å². The minimum Gasteiger partial charge on any atom is -0.545 e. The Morgan fingerprint density at radius 1 is 0.608 bits per heavy atom. The van der Waals surface area contributed by atoms with Crippen LogP contribution in [0.4, 0.5) is 0 Å². The van der Waals surface area contributed by atoms with E-state index >= 15 is 0 Å². The molecule has 0 fully saturated rings. The minimum atomic E-state index is -1.62. The molecular weight excluding hydrogens is 646 g/mol. The highest BCUT2D eigenvalue weighted by Gasteiger charge is 2.21. The Labute approximate surface area is 311 Å². The molecule has 0 N–H and O–H groups in total. The molecule has 0 heterocycles. The molecule has 0 aliphatic rings. The quantitative estimate of drug-likeness (QED) is 0.0208. The van der Waals surface area contributed by atoms with Crippen LogP contribution in [0.5, 0.6) is 0 Å². The molecule has 0 aliphatic carbocycles. The van der Waals surface area contributed by atoms with Gasteiger partial charge in [-0.1, -0.05) is 134 Å². The number of esters is 2. The number of carboxylic acids is 1. The number of carbonyl (C=O) groups excluding carboxylic acids is 3. The molecule has 0 aromatic heterocycles. The van der Waals surface area contributed by atoms with E-state index in [4.69, 9.17) is 18.9 Å². The zero-order valence-electron chi connectivity index (χ0n) is 33.2. The number of rotatable bonds is 36. The van der Waals surface area contributed by atoms with Gasteiger partial charge in [-0.05, 0) is 44.9 Å².